The fraction of sp³-hybridized carbons (Fsp3) is 1.00. The number of hydrogen-bond donors (Lipinski definition) is 1. The molecule has 0 aromatic carbocycles. The van der Waals surface area contributed by atoms with Gasteiger partial charge in [0.1, 0.15) is 0 Å². The monoisotopic (exact) mass is 198 g/mol. The lowest BCUT2D eigenvalue weighted by Gasteiger charge is -2.29. The van der Waals surface area contributed by atoms with Crippen LogP contribution < -0.4 is 5.32 Å². The van der Waals surface area contributed by atoms with Crippen LogP contribution >= 0.6 is 0 Å². The molecule has 0 amide bonds. The first-order valence-corrected chi connectivity index (χ1v) is 5.80. The Morgan fingerprint density at radius 3 is 2.43 bits per heavy atom. The van der Waals surface area contributed by atoms with E-state index in [0.717, 1.165) is 5.92 Å². The van der Waals surface area contributed by atoms with Crippen molar-refractivity contribution < 1.29 is 0 Å². The van der Waals surface area contributed by atoms with E-state index in [-0.39, 0.29) is 0 Å². The zero-order valence-corrected chi connectivity index (χ0v) is 10.4. The van der Waals surface area contributed by atoms with Crippen molar-refractivity contribution in [3.8, 4) is 0 Å². The molecule has 1 aliphatic rings. The molecule has 1 heterocycles. The summed E-state index contributed by atoms with van der Waals surface area (Å²) in [5.41, 5.74) is 0.421. The summed E-state index contributed by atoms with van der Waals surface area (Å²) in [4.78, 5) is 2.48. The van der Waals surface area contributed by atoms with Gasteiger partial charge in [-0.2, -0.15) is 0 Å². The Kier molecular flexibility index (Phi) is 3.96. The molecule has 84 valence electrons. The summed E-state index contributed by atoms with van der Waals surface area (Å²) in [5, 5.41) is 3.51. The molecule has 0 bridgehead atoms. The Balaban J connectivity index is 2.29. The van der Waals surface area contributed by atoms with Crippen LogP contribution in [0.2, 0.25) is 0 Å². The topological polar surface area (TPSA) is 15.3 Å². The van der Waals surface area contributed by atoms with Crippen molar-refractivity contribution >= 4 is 0 Å². The van der Waals surface area contributed by atoms with Crippen LogP contribution in [-0.4, -0.2) is 37.6 Å². The summed E-state index contributed by atoms with van der Waals surface area (Å²) in [7, 11) is 2.25. The Bertz CT molecular complexity index is 172. The van der Waals surface area contributed by atoms with Crippen LogP contribution in [0, 0.1) is 11.3 Å². The summed E-state index contributed by atoms with van der Waals surface area (Å²) in [6.45, 7) is 12.9. The first-order chi connectivity index (χ1) is 6.38. The van der Waals surface area contributed by atoms with Crippen molar-refractivity contribution in [1.82, 2.24) is 10.2 Å². The third kappa shape index (κ3) is 3.97. The quantitative estimate of drug-likeness (QED) is 0.746. The van der Waals surface area contributed by atoms with Crippen molar-refractivity contribution in [3.05, 3.63) is 0 Å². The van der Waals surface area contributed by atoms with Crippen LogP contribution in [0.4, 0.5) is 0 Å². The van der Waals surface area contributed by atoms with Gasteiger partial charge in [-0.15, -0.1) is 0 Å². The van der Waals surface area contributed by atoms with Gasteiger partial charge in [0.2, 0.25) is 0 Å². The molecule has 1 rings (SSSR count). The van der Waals surface area contributed by atoms with Crippen molar-refractivity contribution in [2.75, 3.05) is 26.7 Å². The van der Waals surface area contributed by atoms with Gasteiger partial charge in [-0.3, -0.25) is 0 Å². The molecule has 2 nitrogen and oxygen atoms in total. The Morgan fingerprint density at radius 2 is 2.00 bits per heavy atom. The zero-order valence-electron chi connectivity index (χ0n) is 10.4. The molecule has 14 heavy (non-hydrogen) atoms. The predicted molar refractivity (Wildman–Crippen MR) is 62.5 cm³/mol. The minimum absolute atomic E-state index is 0.421. The lowest BCUT2D eigenvalue weighted by atomic mass is 9.95. The summed E-state index contributed by atoms with van der Waals surface area (Å²) in [6.07, 6.45) is 1.34. The van der Waals surface area contributed by atoms with Gasteiger partial charge < -0.3 is 10.2 Å². The van der Waals surface area contributed by atoms with Crippen LogP contribution in [0.3, 0.4) is 0 Å². The molecule has 0 aliphatic carbocycles. The van der Waals surface area contributed by atoms with E-state index in [1.807, 2.05) is 0 Å². The van der Waals surface area contributed by atoms with E-state index in [2.05, 4.69) is 45.0 Å². The Morgan fingerprint density at radius 1 is 1.36 bits per heavy atom. The smallest absolute Gasteiger partial charge is 0.00796 e. The van der Waals surface area contributed by atoms with Crippen LogP contribution in [0.25, 0.3) is 0 Å². The zero-order chi connectivity index (χ0) is 10.8. The van der Waals surface area contributed by atoms with E-state index in [4.69, 9.17) is 0 Å². The molecule has 0 radical (unpaired) electrons. The van der Waals surface area contributed by atoms with E-state index >= 15 is 0 Å². The molecule has 1 saturated heterocycles. The number of rotatable bonds is 3. The first kappa shape index (κ1) is 12.0. The second-order valence-electron chi connectivity index (χ2n) is 6.05. The van der Waals surface area contributed by atoms with Gasteiger partial charge in [-0.25, -0.2) is 0 Å². The maximum absolute atomic E-state index is 3.51. The summed E-state index contributed by atoms with van der Waals surface area (Å²) in [5.74, 6) is 0.849. The fourth-order valence-corrected chi connectivity index (χ4v) is 2.44. The molecule has 0 aromatic heterocycles. The number of nitrogens with zero attached hydrogens (tertiary/aromatic N) is 1. The van der Waals surface area contributed by atoms with Gasteiger partial charge in [0, 0.05) is 19.1 Å². The van der Waals surface area contributed by atoms with Gasteiger partial charge >= 0.3 is 0 Å². The molecule has 0 saturated carbocycles. The lowest BCUT2D eigenvalue weighted by molar-refractivity contribution is 0.195. The standard InChI is InChI=1S/C12H26N2/c1-10-11(6-7-13-10)8-14(5)9-12(2,3)4/h10-11,13H,6-9H2,1-5H3. The summed E-state index contributed by atoms with van der Waals surface area (Å²) >= 11 is 0. The molecule has 1 fully saturated rings. The summed E-state index contributed by atoms with van der Waals surface area (Å²) in [6, 6.07) is 0.706. The third-order valence-corrected chi connectivity index (χ3v) is 2.98. The second kappa shape index (κ2) is 4.63. The van der Waals surface area contributed by atoms with Crippen LogP contribution in [0.1, 0.15) is 34.1 Å². The van der Waals surface area contributed by atoms with Gasteiger partial charge in [0.25, 0.3) is 0 Å². The van der Waals surface area contributed by atoms with Crippen molar-refractivity contribution in [1.29, 1.82) is 0 Å². The van der Waals surface area contributed by atoms with Crippen LogP contribution in [-0.2, 0) is 0 Å². The van der Waals surface area contributed by atoms with E-state index in [0.29, 0.717) is 11.5 Å². The first-order valence-electron chi connectivity index (χ1n) is 5.80. The average Bonchev–Trinajstić information content (AvgIpc) is 2.32. The molecule has 1 aliphatic heterocycles. The molecule has 0 spiro atoms. The van der Waals surface area contributed by atoms with Gasteiger partial charge in [0.15, 0.2) is 0 Å². The molecule has 2 atom stereocenters. The predicted octanol–water partition coefficient (Wildman–Crippen LogP) is 1.96. The molecular weight excluding hydrogens is 172 g/mol. The number of hydrogen-bond acceptors (Lipinski definition) is 2. The number of nitrogens with one attached hydrogen (secondary N) is 1. The lowest BCUT2D eigenvalue weighted by Crippen LogP contribution is -2.36. The van der Waals surface area contributed by atoms with E-state index in [1.165, 1.54) is 26.1 Å². The highest BCUT2D eigenvalue weighted by Crippen LogP contribution is 2.19. The Labute approximate surface area is 89.1 Å². The molecule has 0 aromatic rings. The highest BCUT2D eigenvalue weighted by atomic mass is 15.1. The van der Waals surface area contributed by atoms with E-state index < -0.39 is 0 Å². The molecule has 2 heteroatoms. The third-order valence-electron chi connectivity index (χ3n) is 2.98. The van der Waals surface area contributed by atoms with Crippen LogP contribution in [0.15, 0.2) is 0 Å². The molecule has 1 N–H and O–H groups in total. The molecule has 2 unspecified atom stereocenters. The average molecular weight is 198 g/mol. The highest BCUT2D eigenvalue weighted by Gasteiger charge is 2.25. The van der Waals surface area contributed by atoms with Crippen molar-refractivity contribution in [2.24, 2.45) is 11.3 Å². The van der Waals surface area contributed by atoms with Crippen molar-refractivity contribution in [2.45, 2.75) is 40.2 Å². The minimum atomic E-state index is 0.421. The van der Waals surface area contributed by atoms with Crippen molar-refractivity contribution in [3.63, 3.8) is 0 Å². The second-order valence-corrected chi connectivity index (χ2v) is 6.05. The van der Waals surface area contributed by atoms with Gasteiger partial charge in [-0.05, 0) is 38.3 Å². The fourth-order valence-electron chi connectivity index (χ4n) is 2.44. The Hall–Kier alpha value is -0.0800. The van der Waals surface area contributed by atoms with E-state index in [1.54, 1.807) is 0 Å². The highest BCUT2D eigenvalue weighted by molar-refractivity contribution is 4.82. The van der Waals surface area contributed by atoms with E-state index in [9.17, 15) is 0 Å². The van der Waals surface area contributed by atoms with Gasteiger partial charge in [0.05, 0.1) is 0 Å². The summed E-state index contributed by atoms with van der Waals surface area (Å²) < 4.78 is 0. The van der Waals surface area contributed by atoms with Gasteiger partial charge in [-0.1, -0.05) is 20.8 Å². The molecular formula is C12H26N2. The largest absolute Gasteiger partial charge is 0.314 e. The minimum Gasteiger partial charge on any atom is -0.314 e. The van der Waals surface area contributed by atoms with Crippen LogP contribution in [0.5, 0.6) is 0 Å². The maximum atomic E-state index is 3.51. The SMILES string of the molecule is CC1NCCC1CN(C)CC(C)(C)C. The maximum Gasteiger partial charge on any atom is 0.00796 e. The normalized spacial score (nSPS) is 28.7.